The van der Waals surface area contributed by atoms with Crippen LogP contribution in [0.1, 0.15) is 57.3 Å². The molecule has 32 heavy (non-hydrogen) atoms. The second kappa shape index (κ2) is 9.74. The Morgan fingerprint density at radius 2 is 2.03 bits per heavy atom. The van der Waals surface area contributed by atoms with E-state index in [-0.39, 0.29) is 18.2 Å². The number of nitrogens with one attached hydrogen (secondary N) is 1. The number of aromatic nitrogens is 4. The molecular weight excluding hydrogens is 406 g/mol. The number of aryl methyl sites for hydroxylation is 1. The first-order valence-corrected chi connectivity index (χ1v) is 11.5. The van der Waals surface area contributed by atoms with Crippen LogP contribution in [0.5, 0.6) is 0 Å². The number of piperidine rings is 1. The first-order valence-electron chi connectivity index (χ1n) is 11.5. The van der Waals surface area contributed by atoms with Crippen molar-refractivity contribution in [3.63, 3.8) is 0 Å². The smallest absolute Gasteiger partial charge is 0.410 e. The Labute approximate surface area is 189 Å². The second-order valence-corrected chi connectivity index (χ2v) is 8.95. The van der Waals surface area contributed by atoms with Crippen LogP contribution in [0, 0.1) is 18.8 Å². The van der Waals surface area contributed by atoms with Gasteiger partial charge in [-0.1, -0.05) is 19.8 Å². The van der Waals surface area contributed by atoms with Gasteiger partial charge in [0.15, 0.2) is 5.65 Å². The van der Waals surface area contributed by atoms with Gasteiger partial charge >= 0.3 is 6.09 Å². The summed E-state index contributed by atoms with van der Waals surface area (Å²) in [5, 5.41) is 8.03. The fraction of sp³-hybridized carbons (Fsp3) is 0.652. The predicted molar refractivity (Wildman–Crippen MR) is 123 cm³/mol. The lowest BCUT2D eigenvalue weighted by molar-refractivity contribution is 0.0603. The highest BCUT2D eigenvalue weighted by Crippen LogP contribution is 2.23. The van der Waals surface area contributed by atoms with Crippen molar-refractivity contribution in [3.05, 3.63) is 17.6 Å². The van der Waals surface area contributed by atoms with Gasteiger partial charge in [-0.2, -0.15) is 14.6 Å². The minimum Gasteiger partial charge on any atom is -0.445 e. The van der Waals surface area contributed by atoms with Crippen molar-refractivity contribution in [1.82, 2.24) is 29.4 Å². The molecule has 0 aromatic carbocycles. The van der Waals surface area contributed by atoms with Crippen molar-refractivity contribution < 1.29 is 9.53 Å². The number of carbonyl (C=O) groups excluding carboxylic acids is 1. The molecule has 2 aliphatic heterocycles. The van der Waals surface area contributed by atoms with Crippen LogP contribution in [0.4, 0.5) is 10.7 Å². The molecule has 0 radical (unpaired) electrons. The molecule has 1 atom stereocenters. The molecule has 2 aromatic heterocycles. The Balaban J connectivity index is 1.31. The molecule has 1 amide bonds. The van der Waals surface area contributed by atoms with Crippen molar-refractivity contribution in [2.75, 3.05) is 38.0 Å². The molecule has 0 aliphatic carbocycles. The molecule has 9 nitrogen and oxygen atoms in total. The van der Waals surface area contributed by atoms with Gasteiger partial charge in [-0.3, -0.25) is 4.90 Å². The quantitative estimate of drug-likeness (QED) is 0.717. The van der Waals surface area contributed by atoms with Gasteiger partial charge in [0, 0.05) is 37.8 Å². The van der Waals surface area contributed by atoms with E-state index in [4.69, 9.17) is 4.74 Å². The number of ether oxygens (including phenoxy) is 1. The molecule has 0 bridgehead atoms. The normalized spacial score (nSPS) is 19.9. The summed E-state index contributed by atoms with van der Waals surface area (Å²) in [6, 6.07) is 0.220. The molecule has 2 aromatic rings. The third-order valence-electron chi connectivity index (χ3n) is 6.19. The van der Waals surface area contributed by atoms with E-state index < -0.39 is 0 Å². The number of anilines is 1. The molecule has 2 saturated heterocycles. The zero-order valence-electron chi connectivity index (χ0n) is 19.5. The summed E-state index contributed by atoms with van der Waals surface area (Å²) in [4.78, 5) is 25.8. The summed E-state index contributed by atoms with van der Waals surface area (Å²) in [5.74, 6) is 7.77. The maximum Gasteiger partial charge on any atom is 0.410 e. The highest BCUT2D eigenvalue weighted by molar-refractivity contribution is 5.68. The van der Waals surface area contributed by atoms with Crippen molar-refractivity contribution >= 4 is 17.7 Å². The number of amides is 1. The summed E-state index contributed by atoms with van der Waals surface area (Å²) in [5.41, 5.74) is 1.97. The highest BCUT2D eigenvalue weighted by atomic mass is 16.6. The molecule has 4 rings (SSSR count). The van der Waals surface area contributed by atoms with Crippen LogP contribution in [-0.4, -0.2) is 80.3 Å². The van der Waals surface area contributed by atoms with Crippen LogP contribution < -0.4 is 5.32 Å². The average molecular weight is 440 g/mol. The van der Waals surface area contributed by atoms with Gasteiger partial charge in [0.1, 0.15) is 11.9 Å². The lowest BCUT2D eigenvalue weighted by Gasteiger charge is -2.32. The Morgan fingerprint density at radius 1 is 1.25 bits per heavy atom. The number of likely N-dealkylation sites (tertiary alicyclic amines) is 2. The minimum absolute atomic E-state index is 0.0377. The van der Waals surface area contributed by atoms with Crippen LogP contribution in [-0.2, 0) is 4.74 Å². The zero-order chi connectivity index (χ0) is 22.7. The average Bonchev–Trinajstić information content (AvgIpc) is 3.39. The molecule has 172 valence electrons. The molecular formula is C23H33N7O2. The van der Waals surface area contributed by atoms with E-state index in [0.29, 0.717) is 25.0 Å². The van der Waals surface area contributed by atoms with E-state index in [1.54, 1.807) is 4.52 Å². The van der Waals surface area contributed by atoms with Crippen LogP contribution in [0.25, 0.3) is 5.65 Å². The first kappa shape index (κ1) is 22.3. The summed E-state index contributed by atoms with van der Waals surface area (Å²) in [7, 11) is 0. The van der Waals surface area contributed by atoms with Crippen LogP contribution in [0.2, 0.25) is 0 Å². The van der Waals surface area contributed by atoms with E-state index in [0.717, 1.165) is 55.9 Å². The van der Waals surface area contributed by atoms with Gasteiger partial charge in [-0.05, 0) is 39.0 Å². The number of rotatable bonds is 5. The lowest BCUT2D eigenvalue weighted by atomic mass is 10.1. The number of hydrogen-bond acceptors (Lipinski definition) is 7. The summed E-state index contributed by atoms with van der Waals surface area (Å²) >= 11 is 0. The Morgan fingerprint density at radius 3 is 2.75 bits per heavy atom. The van der Waals surface area contributed by atoms with Crippen molar-refractivity contribution in [1.29, 1.82) is 0 Å². The van der Waals surface area contributed by atoms with Crippen molar-refractivity contribution in [2.45, 2.75) is 65.0 Å². The molecule has 9 heteroatoms. The van der Waals surface area contributed by atoms with Gasteiger partial charge < -0.3 is 15.0 Å². The van der Waals surface area contributed by atoms with Crippen LogP contribution in [0.3, 0.4) is 0 Å². The first-order chi connectivity index (χ1) is 15.4. The lowest BCUT2D eigenvalue weighted by Crippen LogP contribution is -2.44. The molecule has 2 aliphatic rings. The van der Waals surface area contributed by atoms with E-state index in [9.17, 15) is 4.79 Å². The fourth-order valence-corrected chi connectivity index (χ4v) is 4.33. The molecule has 4 heterocycles. The van der Waals surface area contributed by atoms with E-state index >= 15 is 0 Å². The van der Waals surface area contributed by atoms with E-state index in [1.165, 1.54) is 0 Å². The molecule has 0 spiro atoms. The maximum atomic E-state index is 12.6. The number of nitrogens with zero attached hydrogens (tertiary/aromatic N) is 6. The van der Waals surface area contributed by atoms with Gasteiger partial charge in [-0.15, -0.1) is 5.92 Å². The summed E-state index contributed by atoms with van der Waals surface area (Å²) in [6.45, 7) is 11.8. The third kappa shape index (κ3) is 4.96. The molecule has 2 fully saturated rings. The standard InChI is InChI=1S/C23H33N7O2/c1-5-6-10-28-11-9-19(15-28)32-23(31)29-12-7-18(8-13-29)27-22-26-17(4)25-21-20(16(2)3)14-24-30(21)22/h14,16,18-19H,7-13,15H2,1-4H3,(H,25,26,27). The van der Waals surface area contributed by atoms with Crippen LogP contribution in [0.15, 0.2) is 6.20 Å². The Hall–Kier alpha value is -2.86. The SMILES string of the molecule is CC#CCN1CCC(OC(=O)N2CCC(Nc3nc(C)nc4c(C(C)C)cnn34)CC2)C1. The summed E-state index contributed by atoms with van der Waals surface area (Å²) in [6.07, 6.45) is 4.17. The van der Waals surface area contributed by atoms with Crippen molar-refractivity contribution in [2.24, 2.45) is 0 Å². The highest BCUT2D eigenvalue weighted by Gasteiger charge is 2.29. The predicted octanol–water partition coefficient (Wildman–Crippen LogP) is 2.67. The van der Waals surface area contributed by atoms with Gasteiger partial charge in [0.25, 0.3) is 0 Å². The number of carbonyl (C=O) groups is 1. The maximum absolute atomic E-state index is 12.6. The van der Waals surface area contributed by atoms with Gasteiger partial charge in [-0.25, -0.2) is 9.78 Å². The largest absolute Gasteiger partial charge is 0.445 e. The van der Waals surface area contributed by atoms with E-state index in [1.807, 2.05) is 24.9 Å². The monoisotopic (exact) mass is 439 g/mol. The fourth-order valence-electron chi connectivity index (χ4n) is 4.33. The van der Waals surface area contributed by atoms with Gasteiger partial charge in [0.2, 0.25) is 5.95 Å². The molecule has 1 unspecified atom stereocenters. The summed E-state index contributed by atoms with van der Waals surface area (Å²) < 4.78 is 7.54. The number of hydrogen-bond donors (Lipinski definition) is 1. The van der Waals surface area contributed by atoms with E-state index in [2.05, 4.69) is 51.0 Å². The zero-order valence-corrected chi connectivity index (χ0v) is 19.5. The second-order valence-electron chi connectivity index (χ2n) is 8.95. The molecule has 0 saturated carbocycles. The third-order valence-corrected chi connectivity index (χ3v) is 6.19. The minimum atomic E-state index is -0.203. The number of fused-ring (bicyclic) bond motifs is 1. The topological polar surface area (TPSA) is 87.9 Å². The molecule has 1 N–H and O–H groups in total. The van der Waals surface area contributed by atoms with Gasteiger partial charge in [0.05, 0.1) is 12.7 Å². The van der Waals surface area contributed by atoms with Crippen LogP contribution >= 0.6 is 0 Å². The van der Waals surface area contributed by atoms with Crippen molar-refractivity contribution in [3.8, 4) is 11.8 Å². The Kier molecular flexibility index (Phi) is 6.80. The Bertz CT molecular complexity index is 1010.